The van der Waals surface area contributed by atoms with Gasteiger partial charge in [0.25, 0.3) is 0 Å². The van der Waals surface area contributed by atoms with E-state index in [-0.39, 0.29) is 0 Å². The lowest BCUT2D eigenvalue weighted by molar-refractivity contribution is 0.674. The Morgan fingerprint density at radius 1 is 0.324 bits per heavy atom. The molecular formula is C65H40N2O. The van der Waals surface area contributed by atoms with E-state index in [0.717, 1.165) is 61.2 Å². The second-order valence-electron chi connectivity index (χ2n) is 18.3. The third-order valence-corrected chi connectivity index (χ3v) is 15.0. The number of nitrogens with zero attached hydrogens (tertiary/aromatic N) is 2. The largest absolute Gasteiger partial charge is 0.455 e. The maximum atomic E-state index is 7.05. The van der Waals surface area contributed by atoms with Crippen LogP contribution in [0.3, 0.4) is 0 Å². The number of para-hydroxylation sites is 4. The Kier molecular flexibility index (Phi) is 7.71. The van der Waals surface area contributed by atoms with E-state index in [1.54, 1.807) is 0 Å². The van der Waals surface area contributed by atoms with Crippen LogP contribution in [0.5, 0.6) is 0 Å². The molecule has 0 atom stereocenters. The van der Waals surface area contributed by atoms with Gasteiger partial charge in [0.2, 0.25) is 0 Å². The fourth-order valence-electron chi connectivity index (χ4n) is 12.3. The molecule has 11 aromatic carbocycles. The van der Waals surface area contributed by atoms with Crippen LogP contribution >= 0.6 is 0 Å². The molecule has 0 saturated carbocycles. The summed E-state index contributed by atoms with van der Waals surface area (Å²) in [6, 6.07) is 89.2. The molecule has 0 amide bonds. The zero-order valence-electron chi connectivity index (χ0n) is 36.9. The predicted octanol–water partition coefficient (Wildman–Crippen LogP) is 17.3. The first-order valence-electron chi connectivity index (χ1n) is 23.5. The lowest BCUT2D eigenvalue weighted by Gasteiger charge is -2.32. The summed E-state index contributed by atoms with van der Waals surface area (Å²) in [5.41, 5.74) is 20.5. The van der Waals surface area contributed by atoms with Crippen LogP contribution < -0.4 is 4.90 Å². The lowest BCUT2D eigenvalue weighted by atomic mass is 9.70. The number of hydrogen-bond acceptors (Lipinski definition) is 2. The van der Waals surface area contributed by atoms with Crippen molar-refractivity contribution in [1.82, 2.24) is 4.57 Å². The number of benzene rings is 11. The molecule has 2 aliphatic rings. The van der Waals surface area contributed by atoms with Gasteiger partial charge in [-0.3, -0.25) is 0 Å². The van der Waals surface area contributed by atoms with Crippen molar-refractivity contribution >= 4 is 71.6 Å². The zero-order chi connectivity index (χ0) is 44.5. The minimum absolute atomic E-state index is 0.483. The van der Waals surface area contributed by atoms with Crippen molar-refractivity contribution in [1.29, 1.82) is 0 Å². The molecule has 316 valence electrons. The second-order valence-corrected chi connectivity index (χ2v) is 18.3. The van der Waals surface area contributed by atoms with Gasteiger partial charge in [-0.25, -0.2) is 0 Å². The Hall–Kier alpha value is -8.92. The van der Waals surface area contributed by atoms with Crippen LogP contribution in [-0.2, 0) is 5.41 Å². The highest BCUT2D eigenvalue weighted by atomic mass is 16.3. The van der Waals surface area contributed by atoms with Crippen LogP contribution in [-0.4, -0.2) is 4.57 Å². The molecule has 13 aromatic rings. The van der Waals surface area contributed by atoms with Gasteiger partial charge < -0.3 is 13.9 Å². The molecule has 68 heavy (non-hydrogen) atoms. The van der Waals surface area contributed by atoms with Crippen molar-refractivity contribution < 1.29 is 4.42 Å². The SMILES string of the molecule is c1ccc(N(c2ccc(-n3c4ccccc4c4ccccc43)cc2)c2cccc3c2-c2ccccc2C32c3ccccc3-c3ccccc32)c(-c2cccc3c2oc2c4ccccc4ccc32)c1. The molecule has 0 bridgehead atoms. The molecule has 2 aliphatic carbocycles. The Morgan fingerprint density at radius 3 is 1.54 bits per heavy atom. The third-order valence-electron chi connectivity index (χ3n) is 15.0. The monoisotopic (exact) mass is 864 g/mol. The topological polar surface area (TPSA) is 21.3 Å². The average molecular weight is 865 g/mol. The molecular weight excluding hydrogens is 825 g/mol. The molecule has 0 aliphatic heterocycles. The fourth-order valence-corrected chi connectivity index (χ4v) is 12.3. The Labute approximate surface area is 393 Å². The summed E-state index contributed by atoms with van der Waals surface area (Å²) < 4.78 is 9.45. The van der Waals surface area contributed by atoms with Gasteiger partial charge in [-0.05, 0) is 98.9 Å². The second kappa shape index (κ2) is 14.0. The first-order chi connectivity index (χ1) is 33.8. The highest BCUT2D eigenvalue weighted by molar-refractivity contribution is 6.18. The molecule has 0 unspecified atom stereocenters. The number of furan rings is 1. The predicted molar refractivity (Wildman–Crippen MR) is 282 cm³/mol. The quantitative estimate of drug-likeness (QED) is 0.172. The van der Waals surface area contributed by atoms with Crippen LogP contribution in [0.25, 0.3) is 93.6 Å². The summed E-state index contributed by atoms with van der Waals surface area (Å²) in [6.07, 6.45) is 0. The minimum Gasteiger partial charge on any atom is -0.455 e. The average Bonchev–Trinajstić information content (AvgIpc) is 4.14. The summed E-state index contributed by atoms with van der Waals surface area (Å²) in [6.45, 7) is 0. The molecule has 0 radical (unpaired) electrons. The Bertz CT molecular complexity index is 4130. The van der Waals surface area contributed by atoms with Crippen molar-refractivity contribution in [2.24, 2.45) is 0 Å². The van der Waals surface area contributed by atoms with Crippen LogP contribution in [0.4, 0.5) is 17.1 Å². The minimum atomic E-state index is -0.483. The molecule has 0 fully saturated rings. The molecule has 3 nitrogen and oxygen atoms in total. The van der Waals surface area contributed by atoms with Crippen LogP contribution in [0.15, 0.2) is 247 Å². The Morgan fingerprint density at radius 2 is 0.824 bits per heavy atom. The maximum absolute atomic E-state index is 7.05. The van der Waals surface area contributed by atoms with Gasteiger partial charge in [-0.1, -0.05) is 188 Å². The molecule has 0 N–H and O–H groups in total. The van der Waals surface area contributed by atoms with Gasteiger partial charge in [0, 0.05) is 55.0 Å². The number of anilines is 3. The van der Waals surface area contributed by atoms with E-state index in [2.05, 4.69) is 252 Å². The summed E-state index contributed by atoms with van der Waals surface area (Å²) in [5, 5.41) is 7.01. The summed E-state index contributed by atoms with van der Waals surface area (Å²) >= 11 is 0. The van der Waals surface area contributed by atoms with Crippen LogP contribution in [0.2, 0.25) is 0 Å². The van der Waals surface area contributed by atoms with E-state index >= 15 is 0 Å². The number of rotatable bonds is 5. The van der Waals surface area contributed by atoms with Gasteiger partial charge in [-0.15, -0.1) is 0 Å². The van der Waals surface area contributed by atoms with Gasteiger partial charge in [0.05, 0.1) is 27.8 Å². The van der Waals surface area contributed by atoms with Gasteiger partial charge in [0.1, 0.15) is 11.2 Å². The van der Waals surface area contributed by atoms with E-state index < -0.39 is 5.41 Å². The summed E-state index contributed by atoms with van der Waals surface area (Å²) in [7, 11) is 0. The normalized spacial score (nSPS) is 13.1. The molecule has 2 aromatic heterocycles. The van der Waals surface area contributed by atoms with Crippen molar-refractivity contribution in [3.8, 4) is 39.1 Å². The fraction of sp³-hybridized carbons (Fsp3) is 0.0154. The molecule has 2 heterocycles. The lowest BCUT2D eigenvalue weighted by Crippen LogP contribution is -2.26. The van der Waals surface area contributed by atoms with Crippen molar-refractivity contribution in [3.63, 3.8) is 0 Å². The van der Waals surface area contributed by atoms with Crippen molar-refractivity contribution in [2.45, 2.75) is 5.41 Å². The van der Waals surface area contributed by atoms with Crippen LogP contribution in [0.1, 0.15) is 22.3 Å². The summed E-state index contributed by atoms with van der Waals surface area (Å²) in [4.78, 5) is 2.50. The molecule has 1 spiro atoms. The summed E-state index contributed by atoms with van der Waals surface area (Å²) in [5.74, 6) is 0. The van der Waals surface area contributed by atoms with Crippen LogP contribution in [0, 0.1) is 0 Å². The van der Waals surface area contributed by atoms with Gasteiger partial charge in [-0.2, -0.15) is 0 Å². The number of fused-ring (bicyclic) bond motifs is 18. The van der Waals surface area contributed by atoms with Gasteiger partial charge in [0.15, 0.2) is 0 Å². The zero-order valence-corrected chi connectivity index (χ0v) is 36.9. The molecule has 3 heteroatoms. The van der Waals surface area contributed by atoms with E-state index in [0.29, 0.717) is 0 Å². The number of hydrogen-bond donors (Lipinski definition) is 0. The standard InChI is InChI=1S/C65H40N2O/c1-2-18-44-41(17-1)35-40-52-51-26-15-25-50(64(51)68-63(44)52)49-23-8-14-33-60(49)67(43-38-36-42(37-39-43)66-58-31-12-6-21-47(58)48-22-7-13-32-59(48)66)61-34-16-30-57-62(61)53-24-5-11-29-56(53)65(57)54-27-9-3-19-45(54)46-20-4-10-28-55(46)65/h1-40H. The third kappa shape index (κ3) is 4.92. The van der Waals surface area contributed by atoms with E-state index in [9.17, 15) is 0 Å². The first-order valence-corrected chi connectivity index (χ1v) is 23.5. The van der Waals surface area contributed by atoms with E-state index in [4.69, 9.17) is 4.42 Å². The van der Waals surface area contributed by atoms with Crippen molar-refractivity contribution in [3.05, 3.63) is 265 Å². The number of aromatic nitrogens is 1. The maximum Gasteiger partial charge on any atom is 0.143 e. The highest BCUT2D eigenvalue weighted by Gasteiger charge is 2.52. The van der Waals surface area contributed by atoms with Gasteiger partial charge >= 0.3 is 0 Å². The first kappa shape index (κ1) is 37.3. The molecule has 0 saturated heterocycles. The van der Waals surface area contributed by atoms with E-state index in [1.165, 1.54) is 71.7 Å². The Balaban J connectivity index is 1.01. The highest BCUT2D eigenvalue weighted by Crippen LogP contribution is 2.65. The molecule has 15 rings (SSSR count). The smallest absolute Gasteiger partial charge is 0.143 e. The van der Waals surface area contributed by atoms with E-state index in [1.807, 2.05) is 0 Å². The van der Waals surface area contributed by atoms with Crippen molar-refractivity contribution in [2.75, 3.05) is 4.90 Å².